The molecule has 0 unspecified atom stereocenters. The predicted octanol–water partition coefficient (Wildman–Crippen LogP) is 4.83. The summed E-state index contributed by atoms with van der Waals surface area (Å²) in [6.07, 6.45) is 0. The number of hydrogen-bond acceptors (Lipinski definition) is 4. The van der Waals surface area contributed by atoms with Gasteiger partial charge in [0.25, 0.3) is 10.0 Å². The molecule has 1 aromatic carbocycles. The maximum absolute atomic E-state index is 12.3. The van der Waals surface area contributed by atoms with Gasteiger partial charge in [-0.3, -0.25) is 4.72 Å². The second kappa shape index (κ2) is 5.14. The lowest BCUT2D eigenvalue weighted by Gasteiger charge is -2.06. The van der Waals surface area contributed by atoms with Crippen molar-refractivity contribution in [1.82, 2.24) is 0 Å². The first-order valence-electron chi connectivity index (χ1n) is 5.72. The Morgan fingerprint density at radius 2 is 2.00 bits per heavy atom. The minimum absolute atomic E-state index is 0.312. The van der Waals surface area contributed by atoms with Crippen molar-refractivity contribution in [3.05, 3.63) is 45.1 Å². The fraction of sp³-hybridized carbons (Fsp3) is 0.0769. The zero-order valence-electron chi connectivity index (χ0n) is 10.4. The average Bonchev–Trinajstić information content (AvgIpc) is 2.96. The van der Waals surface area contributed by atoms with Crippen molar-refractivity contribution in [1.29, 1.82) is 0 Å². The number of nitrogens with one attached hydrogen (secondary N) is 1. The first-order valence-corrected chi connectivity index (χ1v) is 9.69. The van der Waals surface area contributed by atoms with Crippen LogP contribution in [0.5, 0.6) is 0 Å². The molecule has 2 aromatic heterocycles. The van der Waals surface area contributed by atoms with Crippen molar-refractivity contribution in [2.24, 2.45) is 0 Å². The van der Waals surface area contributed by atoms with E-state index in [1.165, 1.54) is 11.3 Å². The van der Waals surface area contributed by atoms with Crippen molar-refractivity contribution in [3.63, 3.8) is 0 Å². The van der Waals surface area contributed by atoms with E-state index in [-0.39, 0.29) is 0 Å². The molecule has 0 saturated carbocycles. The van der Waals surface area contributed by atoms with Crippen LogP contribution in [-0.2, 0) is 10.0 Å². The second-order valence-electron chi connectivity index (χ2n) is 4.30. The van der Waals surface area contributed by atoms with Crippen LogP contribution in [0.4, 0.5) is 5.69 Å². The molecule has 0 aliphatic carbocycles. The molecule has 3 rings (SSSR count). The molecule has 7 heteroatoms. The average molecular weight is 388 g/mol. The molecule has 0 aliphatic heterocycles. The standard InChI is InChI=1S/C13H10BrNO2S3/c1-8-6-12(19-13(8)14)20(16,17)15-10-2-3-11-9(7-10)4-5-18-11/h2-7,15H,1H3. The van der Waals surface area contributed by atoms with E-state index >= 15 is 0 Å². The molecular formula is C13H10BrNO2S3. The molecule has 3 nitrogen and oxygen atoms in total. The van der Waals surface area contributed by atoms with Gasteiger partial charge in [-0.25, -0.2) is 8.42 Å². The summed E-state index contributed by atoms with van der Waals surface area (Å²) in [5.41, 5.74) is 1.50. The Bertz CT molecular complexity index is 861. The number of sulfonamides is 1. The highest BCUT2D eigenvalue weighted by molar-refractivity contribution is 9.11. The molecule has 1 N–H and O–H groups in total. The number of benzene rings is 1. The summed E-state index contributed by atoms with van der Waals surface area (Å²) in [5, 5.41) is 3.03. The molecule has 2 heterocycles. The van der Waals surface area contributed by atoms with Crippen LogP contribution in [0, 0.1) is 6.92 Å². The molecule has 104 valence electrons. The van der Waals surface area contributed by atoms with E-state index in [0.717, 1.165) is 19.4 Å². The van der Waals surface area contributed by atoms with Gasteiger partial charge in [0.1, 0.15) is 4.21 Å². The highest BCUT2D eigenvalue weighted by Gasteiger charge is 2.18. The van der Waals surface area contributed by atoms with Gasteiger partial charge < -0.3 is 0 Å². The van der Waals surface area contributed by atoms with E-state index in [1.807, 2.05) is 30.5 Å². The van der Waals surface area contributed by atoms with E-state index in [1.54, 1.807) is 23.5 Å². The Labute approximate surface area is 133 Å². The molecule has 0 fully saturated rings. The topological polar surface area (TPSA) is 46.2 Å². The number of thiophene rings is 2. The van der Waals surface area contributed by atoms with Crippen LogP contribution in [0.15, 0.2) is 43.7 Å². The summed E-state index contributed by atoms with van der Waals surface area (Å²) in [4.78, 5) is 0. The van der Waals surface area contributed by atoms with E-state index in [4.69, 9.17) is 0 Å². The number of aryl methyl sites for hydroxylation is 1. The molecular weight excluding hydrogens is 378 g/mol. The summed E-state index contributed by atoms with van der Waals surface area (Å²) in [5.74, 6) is 0. The van der Waals surface area contributed by atoms with Gasteiger partial charge >= 0.3 is 0 Å². The summed E-state index contributed by atoms with van der Waals surface area (Å²) in [7, 11) is -3.52. The molecule has 0 atom stereocenters. The Balaban J connectivity index is 1.96. The first kappa shape index (κ1) is 14.1. The molecule has 0 amide bonds. The van der Waals surface area contributed by atoms with Crippen LogP contribution in [0.25, 0.3) is 10.1 Å². The van der Waals surface area contributed by atoms with Crippen molar-refractivity contribution < 1.29 is 8.42 Å². The molecule has 3 aromatic rings. The van der Waals surface area contributed by atoms with E-state index in [9.17, 15) is 8.42 Å². The Hall–Kier alpha value is -0.890. The van der Waals surface area contributed by atoms with E-state index in [2.05, 4.69) is 20.7 Å². The maximum Gasteiger partial charge on any atom is 0.271 e. The molecule has 20 heavy (non-hydrogen) atoms. The van der Waals surface area contributed by atoms with Gasteiger partial charge in [0, 0.05) is 10.4 Å². The normalized spacial score (nSPS) is 11.9. The summed E-state index contributed by atoms with van der Waals surface area (Å²) in [6, 6.07) is 9.20. The van der Waals surface area contributed by atoms with Crippen molar-refractivity contribution >= 4 is 64.4 Å². The Morgan fingerprint density at radius 3 is 2.70 bits per heavy atom. The Morgan fingerprint density at radius 1 is 1.20 bits per heavy atom. The largest absolute Gasteiger partial charge is 0.279 e. The molecule has 0 spiro atoms. The second-order valence-corrected chi connectivity index (χ2v) is 9.53. The molecule has 0 saturated heterocycles. The van der Waals surface area contributed by atoms with Crippen LogP contribution >= 0.6 is 38.6 Å². The number of fused-ring (bicyclic) bond motifs is 1. The van der Waals surface area contributed by atoms with Crippen LogP contribution in [0.3, 0.4) is 0 Å². The van der Waals surface area contributed by atoms with E-state index in [0.29, 0.717) is 9.90 Å². The third-order valence-corrected chi connectivity index (χ3v) is 7.69. The monoisotopic (exact) mass is 387 g/mol. The van der Waals surface area contributed by atoms with Crippen molar-refractivity contribution in [3.8, 4) is 0 Å². The minimum Gasteiger partial charge on any atom is -0.279 e. The molecule has 0 aliphatic rings. The van der Waals surface area contributed by atoms with Gasteiger partial charge in [0.15, 0.2) is 0 Å². The zero-order valence-corrected chi connectivity index (χ0v) is 14.4. The van der Waals surface area contributed by atoms with Gasteiger partial charge in [0.2, 0.25) is 0 Å². The van der Waals surface area contributed by atoms with Crippen molar-refractivity contribution in [2.45, 2.75) is 11.1 Å². The third kappa shape index (κ3) is 2.63. The zero-order chi connectivity index (χ0) is 14.3. The van der Waals surface area contributed by atoms with Crippen LogP contribution in [0.2, 0.25) is 0 Å². The van der Waals surface area contributed by atoms with Crippen LogP contribution < -0.4 is 4.72 Å². The lowest BCUT2D eigenvalue weighted by atomic mass is 10.2. The predicted molar refractivity (Wildman–Crippen MR) is 89.4 cm³/mol. The number of rotatable bonds is 3. The highest BCUT2D eigenvalue weighted by Crippen LogP contribution is 2.32. The number of anilines is 1. The van der Waals surface area contributed by atoms with Gasteiger partial charge in [-0.15, -0.1) is 22.7 Å². The number of hydrogen-bond donors (Lipinski definition) is 1. The van der Waals surface area contributed by atoms with Crippen LogP contribution in [-0.4, -0.2) is 8.42 Å². The molecule has 0 bridgehead atoms. The summed E-state index contributed by atoms with van der Waals surface area (Å²) in [6.45, 7) is 1.87. The smallest absolute Gasteiger partial charge is 0.271 e. The third-order valence-electron chi connectivity index (χ3n) is 2.80. The quantitative estimate of drug-likeness (QED) is 0.698. The lowest BCUT2D eigenvalue weighted by molar-refractivity contribution is 0.603. The first-order chi connectivity index (χ1) is 9.45. The number of halogens is 1. The summed E-state index contributed by atoms with van der Waals surface area (Å²) >= 11 is 6.20. The fourth-order valence-electron chi connectivity index (χ4n) is 1.80. The lowest BCUT2D eigenvalue weighted by Crippen LogP contribution is -2.11. The summed E-state index contributed by atoms with van der Waals surface area (Å²) < 4.78 is 29.6. The van der Waals surface area contributed by atoms with Gasteiger partial charge in [-0.2, -0.15) is 0 Å². The van der Waals surface area contributed by atoms with Crippen molar-refractivity contribution in [2.75, 3.05) is 4.72 Å². The minimum atomic E-state index is -3.52. The van der Waals surface area contributed by atoms with Gasteiger partial charge in [0.05, 0.1) is 3.79 Å². The molecule has 0 radical (unpaired) electrons. The van der Waals surface area contributed by atoms with Gasteiger partial charge in [-0.05, 0) is 69.5 Å². The SMILES string of the molecule is Cc1cc(S(=O)(=O)Nc2ccc3sccc3c2)sc1Br. The highest BCUT2D eigenvalue weighted by atomic mass is 79.9. The van der Waals surface area contributed by atoms with Crippen LogP contribution in [0.1, 0.15) is 5.56 Å². The van der Waals surface area contributed by atoms with E-state index < -0.39 is 10.0 Å². The Kier molecular flexibility index (Phi) is 3.62. The van der Waals surface area contributed by atoms with Gasteiger partial charge in [-0.1, -0.05) is 0 Å². The maximum atomic E-state index is 12.3. The fourth-order valence-corrected chi connectivity index (χ4v) is 5.85.